The molecule has 120 valence electrons. The highest BCUT2D eigenvalue weighted by Gasteiger charge is 2.34. The second-order valence-corrected chi connectivity index (χ2v) is 6.87. The highest BCUT2D eigenvalue weighted by molar-refractivity contribution is 4.91. The largest absolute Gasteiger partial charge is 0.306 e. The summed E-state index contributed by atoms with van der Waals surface area (Å²) in [4.78, 5) is 7.80. The SMILES string of the molecule is CC.CCN1CCN(CC2CCN(C)CC2)C(C)(C)C1. The van der Waals surface area contributed by atoms with Gasteiger partial charge in [0, 0.05) is 31.7 Å². The first-order valence-electron chi connectivity index (χ1n) is 8.67. The summed E-state index contributed by atoms with van der Waals surface area (Å²) in [6, 6.07) is 0. The summed E-state index contributed by atoms with van der Waals surface area (Å²) in [5, 5.41) is 0. The lowest BCUT2D eigenvalue weighted by atomic mass is 9.92. The van der Waals surface area contributed by atoms with Crippen LogP contribution in [0.3, 0.4) is 0 Å². The average Bonchev–Trinajstić information content (AvgIpc) is 2.45. The van der Waals surface area contributed by atoms with E-state index in [-0.39, 0.29) is 0 Å². The number of piperazine rings is 1. The van der Waals surface area contributed by atoms with E-state index in [9.17, 15) is 0 Å². The number of likely N-dealkylation sites (tertiary alicyclic amines) is 1. The Kier molecular flexibility index (Phi) is 7.49. The number of hydrogen-bond acceptors (Lipinski definition) is 3. The Morgan fingerprint density at radius 2 is 1.60 bits per heavy atom. The Morgan fingerprint density at radius 1 is 1.00 bits per heavy atom. The fraction of sp³-hybridized carbons (Fsp3) is 1.00. The van der Waals surface area contributed by atoms with Crippen molar-refractivity contribution in [3.05, 3.63) is 0 Å². The van der Waals surface area contributed by atoms with Gasteiger partial charge in [-0.25, -0.2) is 0 Å². The van der Waals surface area contributed by atoms with Crippen molar-refractivity contribution in [3.8, 4) is 0 Å². The number of rotatable bonds is 3. The standard InChI is InChI=1S/C15H31N3.C2H6/c1-5-17-10-11-18(15(2,3)13-17)12-14-6-8-16(4)9-7-14;1-2/h14H,5-13H2,1-4H3;1-2H3. The van der Waals surface area contributed by atoms with E-state index in [1.165, 1.54) is 58.7 Å². The topological polar surface area (TPSA) is 9.72 Å². The highest BCUT2D eigenvalue weighted by atomic mass is 15.3. The van der Waals surface area contributed by atoms with Crippen LogP contribution in [0, 0.1) is 5.92 Å². The van der Waals surface area contributed by atoms with Gasteiger partial charge >= 0.3 is 0 Å². The van der Waals surface area contributed by atoms with Gasteiger partial charge in [-0.1, -0.05) is 20.8 Å². The number of nitrogens with zero attached hydrogens (tertiary/aromatic N) is 3. The van der Waals surface area contributed by atoms with Crippen LogP contribution in [0.25, 0.3) is 0 Å². The Labute approximate surface area is 127 Å². The van der Waals surface area contributed by atoms with Crippen LogP contribution in [0.2, 0.25) is 0 Å². The Hall–Kier alpha value is -0.120. The van der Waals surface area contributed by atoms with Crippen molar-refractivity contribution in [2.45, 2.75) is 53.0 Å². The molecule has 20 heavy (non-hydrogen) atoms. The normalized spacial score (nSPS) is 26.1. The minimum atomic E-state index is 0.359. The third-order valence-corrected chi connectivity index (χ3v) is 4.92. The molecule has 2 rings (SSSR count). The zero-order valence-corrected chi connectivity index (χ0v) is 14.8. The summed E-state index contributed by atoms with van der Waals surface area (Å²) < 4.78 is 0. The van der Waals surface area contributed by atoms with Crippen LogP contribution in [0.5, 0.6) is 0 Å². The van der Waals surface area contributed by atoms with E-state index < -0.39 is 0 Å². The summed E-state index contributed by atoms with van der Waals surface area (Å²) >= 11 is 0. The molecule has 0 unspecified atom stereocenters. The molecule has 0 aliphatic carbocycles. The van der Waals surface area contributed by atoms with Crippen molar-refractivity contribution in [2.24, 2.45) is 5.92 Å². The van der Waals surface area contributed by atoms with Crippen LogP contribution in [0.15, 0.2) is 0 Å². The van der Waals surface area contributed by atoms with Gasteiger partial charge in [0.2, 0.25) is 0 Å². The minimum Gasteiger partial charge on any atom is -0.306 e. The van der Waals surface area contributed by atoms with Crippen molar-refractivity contribution in [1.29, 1.82) is 0 Å². The van der Waals surface area contributed by atoms with Crippen LogP contribution in [0.4, 0.5) is 0 Å². The van der Waals surface area contributed by atoms with Gasteiger partial charge in [0.1, 0.15) is 0 Å². The molecule has 0 saturated carbocycles. The number of hydrogen-bond donors (Lipinski definition) is 0. The Morgan fingerprint density at radius 3 is 2.10 bits per heavy atom. The second kappa shape index (κ2) is 8.35. The van der Waals surface area contributed by atoms with E-state index in [0.29, 0.717) is 5.54 Å². The maximum Gasteiger partial charge on any atom is 0.0280 e. The monoisotopic (exact) mass is 283 g/mol. The van der Waals surface area contributed by atoms with E-state index in [2.05, 4.69) is 42.5 Å². The molecular weight excluding hydrogens is 246 g/mol. The summed E-state index contributed by atoms with van der Waals surface area (Å²) in [5.41, 5.74) is 0.359. The maximum absolute atomic E-state index is 2.75. The summed E-state index contributed by atoms with van der Waals surface area (Å²) in [6.07, 6.45) is 2.78. The average molecular weight is 284 g/mol. The Balaban J connectivity index is 0.000000956. The molecule has 3 heteroatoms. The molecule has 2 fully saturated rings. The first kappa shape index (κ1) is 17.9. The Bertz CT molecular complexity index is 257. The maximum atomic E-state index is 2.75. The predicted octanol–water partition coefficient (Wildman–Crippen LogP) is 2.77. The van der Waals surface area contributed by atoms with Crippen molar-refractivity contribution < 1.29 is 0 Å². The van der Waals surface area contributed by atoms with Gasteiger partial charge < -0.3 is 9.80 Å². The second-order valence-electron chi connectivity index (χ2n) is 6.87. The molecule has 0 amide bonds. The van der Waals surface area contributed by atoms with E-state index in [0.717, 1.165) is 5.92 Å². The molecule has 0 bridgehead atoms. The first-order valence-corrected chi connectivity index (χ1v) is 8.67. The molecule has 2 saturated heterocycles. The van der Waals surface area contributed by atoms with Crippen molar-refractivity contribution in [1.82, 2.24) is 14.7 Å². The smallest absolute Gasteiger partial charge is 0.0280 e. The predicted molar refractivity (Wildman–Crippen MR) is 89.3 cm³/mol. The summed E-state index contributed by atoms with van der Waals surface area (Å²) in [7, 11) is 2.25. The summed E-state index contributed by atoms with van der Waals surface area (Å²) in [6.45, 7) is 20.0. The molecule has 2 heterocycles. The van der Waals surface area contributed by atoms with Crippen molar-refractivity contribution in [2.75, 3.05) is 52.9 Å². The number of likely N-dealkylation sites (N-methyl/N-ethyl adjacent to an activating group) is 1. The van der Waals surface area contributed by atoms with Crippen LogP contribution in [-0.2, 0) is 0 Å². The molecular formula is C17H37N3. The zero-order chi connectivity index (χ0) is 15.2. The van der Waals surface area contributed by atoms with Crippen molar-refractivity contribution >= 4 is 0 Å². The third-order valence-electron chi connectivity index (χ3n) is 4.92. The molecule has 0 aromatic rings. The molecule has 0 radical (unpaired) electrons. The zero-order valence-electron chi connectivity index (χ0n) is 14.8. The lowest BCUT2D eigenvalue weighted by Gasteiger charge is -2.48. The molecule has 0 aromatic carbocycles. The lowest BCUT2D eigenvalue weighted by Crippen LogP contribution is -2.60. The quantitative estimate of drug-likeness (QED) is 0.788. The molecule has 0 atom stereocenters. The van der Waals surface area contributed by atoms with Crippen LogP contribution >= 0.6 is 0 Å². The molecule has 2 aliphatic rings. The molecule has 2 aliphatic heterocycles. The van der Waals surface area contributed by atoms with Gasteiger partial charge in [0.05, 0.1) is 0 Å². The van der Waals surface area contributed by atoms with E-state index in [1.807, 2.05) is 13.8 Å². The molecule has 3 nitrogen and oxygen atoms in total. The van der Waals surface area contributed by atoms with Gasteiger partial charge in [-0.2, -0.15) is 0 Å². The third kappa shape index (κ3) is 5.01. The van der Waals surface area contributed by atoms with E-state index >= 15 is 0 Å². The van der Waals surface area contributed by atoms with Crippen LogP contribution in [-0.4, -0.2) is 73.1 Å². The van der Waals surface area contributed by atoms with Gasteiger partial charge in [-0.05, 0) is 59.3 Å². The van der Waals surface area contributed by atoms with Gasteiger partial charge in [-0.15, -0.1) is 0 Å². The molecule has 0 N–H and O–H groups in total. The van der Waals surface area contributed by atoms with Crippen molar-refractivity contribution in [3.63, 3.8) is 0 Å². The molecule has 0 aromatic heterocycles. The first-order chi connectivity index (χ1) is 9.51. The highest BCUT2D eigenvalue weighted by Crippen LogP contribution is 2.25. The van der Waals surface area contributed by atoms with Gasteiger partial charge in [0.15, 0.2) is 0 Å². The van der Waals surface area contributed by atoms with Crippen LogP contribution in [0.1, 0.15) is 47.5 Å². The van der Waals surface area contributed by atoms with Gasteiger partial charge in [0.25, 0.3) is 0 Å². The fourth-order valence-electron chi connectivity index (χ4n) is 3.46. The fourth-order valence-corrected chi connectivity index (χ4v) is 3.46. The van der Waals surface area contributed by atoms with E-state index in [4.69, 9.17) is 0 Å². The number of piperidine rings is 1. The molecule has 0 spiro atoms. The van der Waals surface area contributed by atoms with Gasteiger partial charge in [-0.3, -0.25) is 4.90 Å². The van der Waals surface area contributed by atoms with Crippen LogP contribution < -0.4 is 0 Å². The minimum absolute atomic E-state index is 0.359. The summed E-state index contributed by atoms with van der Waals surface area (Å²) in [5.74, 6) is 0.925. The lowest BCUT2D eigenvalue weighted by molar-refractivity contribution is 0.00474. The van der Waals surface area contributed by atoms with E-state index in [1.54, 1.807) is 0 Å².